The van der Waals surface area contributed by atoms with Gasteiger partial charge in [-0.3, -0.25) is 24.3 Å². The van der Waals surface area contributed by atoms with E-state index in [0.717, 1.165) is 29.5 Å². The molecule has 1 unspecified atom stereocenters. The van der Waals surface area contributed by atoms with E-state index in [4.69, 9.17) is 0 Å². The number of likely N-dealkylation sites (N-methyl/N-ethyl adjacent to an activating group) is 1. The standard InChI is InChI=1S/C18H19N3O6/c1-12(13-7-5-4-6-8-13)19(2)16(22)11-20-10-14(18(24)27-3)9-15(17(20)23)21(25)26/h4-10,12H,11H2,1-3H3. The molecule has 0 aliphatic heterocycles. The fourth-order valence-corrected chi connectivity index (χ4v) is 2.53. The maximum Gasteiger partial charge on any atom is 0.339 e. The Kier molecular flexibility index (Phi) is 6.07. The molecular weight excluding hydrogens is 354 g/mol. The summed E-state index contributed by atoms with van der Waals surface area (Å²) in [5.74, 6) is -1.28. The van der Waals surface area contributed by atoms with Crippen LogP contribution >= 0.6 is 0 Å². The fourth-order valence-electron chi connectivity index (χ4n) is 2.53. The van der Waals surface area contributed by atoms with Crippen molar-refractivity contribution in [1.29, 1.82) is 0 Å². The van der Waals surface area contributed by atoms with E-state index in [1.807, 2.05) is 37.3 Å². The number of nitrogens with zero attached hydrogens (tertiary/aromatic N) is 3. The average molecular weight is 373 g/mol. The van der Waals surface area contributed by atoms with Crippen molar-refractivity contribution in [2.45, 2.75) is 19.5 Å². The van der Waals surface area contributed by atoms with Crippen molar-refractivity contribution in [2.75, 3.05) is 14.2 Å². The molecule has 142 valence electrons. The Balaban J connectivity index is 2.33. The van der Waals surface area contributed by atoms with Gasteiger partial charge in [0.25, 0.3) is 0 Å². The molecule has 2 aromatic rings. The molecule has 1 atom stereocenters. The SMILES string of the molecule is COC(=O)c1cc([N+](=O)[O-])c(=O)n(CC(=O)N(C)C(C)c2ccccc2)c1. The minimum Gasteiger partial charge on any atom is -0.465 e. The third-order valence-electron chi connectivity index (χ3n) is 4.25. The van der Waals surface area contributed by atoms with Gasteiger partial charge in [0, 0.05) is 19.3 Å². The van der Waals surface area contributed by atoms with Gasteiger partial charge in [-0.2, -0.15) is 0 Å². The van der Waals surface area contributed by atoms with Gasteiger partial charge in [0.1, 0.15) is 6.54 Å². The van der Waals surface area contributed by atoms with Crippen molar-refractivity contribution in [3.8, 4) is 0 Å². The average Bonchev–Trinajstić information content (AvgIpc) is 2.67. The van der Waals surface area contributed by atoms with Gasteiger partial charge in [-0.05, 0) is 12.5 Å². The lowest BCUT2D eigenvalue weighted by Gasteiger charge is -2.25. The molecule has 0 aliphatic rings. The summed E-state index contributed by atoms with van der Waals surface area (Å²) in [6, 6.07) is 9.84. The smallest absolute Gasteiger partial charge is 0.339 e. The number of rotatable bonds is 6. The molecule has 0 aliphatic carbocycles. The van der Waals surface area contributed by atoms with Crippen LogP contribution in [0.15, 0.2) is 47.4 Å². The van der Waals surface area contributed by atoms with Crippen LogP contribution in [0.25, 0.3) is 0 Å². The molecule has 0 bridgehead atoms. The molecule has 27 heavy (non-hydrogen) atoms. The summed E-state index contributed by atoms with van der Waals surface area (Å²) in [6.07, 6.45) is 1.08. The Morgan fingerprint density at radius 2 is 1.93 bits per heavy atom. The summed E-state index contributed by atoms with van der Waals surface area (Å²) in [4.78, 5) is 48.2. The first-order valence-corrected chi connectivity index (χ1v) is 8.04. The Hall–Kier alpha value is -3.49. The molecule has 0 N–H and O–H groups in total. The molecule has 1 heterocycles. The number of pyridine rings is 1. The van der Waals surface area contributed by atoms with Crippen molar-refractivity contribution in [3.63, 3.8) is 0 Å². The first kappa shape index (κ1) is 19.8. The van der Waals surface area contributed by atoms with E-state index in [2.05, 4.69) is 4.74 Å². The van der Waals surface area contributed by atoms with E-state index >= 15 is 0 Å². The van der Waals surface area contributed by atoms with Gasteiger partial charge >= 0.3 is 17.2 Å². The zero-order valence-electron chi connectivity index (χ0n) is 15.1. The monoisotopic (exact) mass is 373 g/mol. The lowest BCUT2D eigenvalue weighted by Crippen LogP contribution is -2.36. The molecule has 1 amide bonds. The molecular formula is C18H19N3O6. The van der Waals surface area contributed by atoms with Crippen LogP contribution in [0, 0.1) is 10.1 Å². The molecule has 2 rings (SSSR count). The fraction of sp³-hybridized carbons (Fsp3) is 0.278. The number of amides is 1. The summed E-state index contributed by atoms with van der Waals surface area (Å²) in [6.45, 7) is 1.38. The van der Waals surface area contributed by atoms with Gasteiger partial charge in [0.05, 0.1) is 23.6 Å². The Bertz CT molecular complexity index is 922. The van der Waals surface area contributed by atoms with E-state index in [9.17, 15) is 24.5 Å². The van der Waals surface area contributed by atoms with Crippen LogP contribution in [-0.2, 0) is 16.1 Å². The second-order valence-electron chi connectivity index (χ2n) is 5.89. The molecule has 1 aromatic heterocycles. The molecule has 9 nitrogen and oxygen atoms in total. The van der Waals surface area contributed by atoms with Crippen LogP contribution in [0.1, 0.15) is 28.9 Å². The van der Waals surface area contributed by atoms with Crippen LogP contribution in [0.5, 0.6) is 0 Å². The van der Waals surface area contributed by atoms with E-state index in [1.165, 1.54) is 4.90 Å². The lowest BCUT2D eigenvalue weighted by molar-refractivity contribution is -0.386. The number of hydrogen-bond donors (Lipinski definition) is 0. The molecule has 0 fully saturated rings. The van der Waals surface area contributed by atoms with Gasteiger partial charge in [-0.1, -0.05) is 30.3 Å². The third-order valence-corrected chi connectivity index (χ3v) is 4.25. The number of methoxy groups -OCH3 is 1. The Morgan fingerprint density at radius 1 is 1.30 bits per heavy atom. The highest BCUT2D eigenvalue weighted by Crippen LogP contribution is 2.18. The van der Waals surface area contributed by atoms with Gasteiger partial charge in [-0.25, -0.2) is 4.79 Å². The van der Waals surface area contributed by atoms with Gasteiger partial charge < -0.3 is 9.64 Å². The molecule has 0 radical (unpaired) electrons. The Labute approximate surface area is 154 Å². The third kappa shape index (κ3) is 4.38. The number of carbonyl (C=O) groups is 2. The van der Waals surface area contributed by atoms with E-state index in [1.54, 1.807) is 7.05 Å². The first-order valence-electron chi connectivity index (χ1n) is 8.04. The summed E-state index contributed by atoms with van der Waals surface area (Å²) in [5.41, 5.74) is -1.06. The zero-order chi connectivity index (χ0) is 20.1. The van der Waals surface area contributed by atoms with Crippen LogP contribution < -0.4 is 5.56 Å². The highest BCUT2D eigenvalue weighted by molar-refractivity contribution is 5.89. The van der Waals surface area contributed by atoms with Crippen LogP contribution in [0.3, 0.4) is 0 Å². The molecule has 0 saturated carbocycles. The van der Waals surface area contributed by atoms with E-state index in [-0.39, 0.29) is 11.6 Å². The second-order valence-corrected chi connectivity index (χ2v) is 5.89. The van der Waals surface area contributed by atoms with Gasteiger partial charge in [0.15, 0.2) is 0 Å². The van der Waals surface area contributed by atoms with E-state index in [0.29, 0.717) is 0 Å². The normalized spacial score (nSPS) is 11.5. The van der Waals surface area contributed by atoms with Crippen LogP contribution in [-0.4, -0.2) is 40.4 Å². The predicted molar refractivity (Wildman–Crippen MR) is 96.3 cm³/mol. The number of carbonyl (C=O) groups excluding carboxylic acids is 2. The highest BCUT2D eigenvalue weighted by Gasteiger charge is 2.23. The molecule has 0 spiro atoms. The maximum atomic E-state index is 12.6. The number of esters is 1. The predicted octanol–water partition coefficient (Wildman–Crippen LogP) is 1.76. The second kappa shape index (κ2) is 8.26. The summed E-state index contributed by atoms with van der Waals surface area (Å²) < 4.78 is 5.39. The van der Waals surface area contributed by atoms with Crippen molar-refractivity contribution in [3.05, 3.63) is 74.2 Å². The van der Waals surface area contributed by atoms with Crippen LogP contribution in [0.2, 0.25) is 0 Å². The zero-order valence-corrected chi connectivity index (χ0v) is 15.1. The number of benzene rings is 1. The summed E-state index contributed by atoms with van der Waals surface area (Å²) in [5, 5.41) is 11.1. The first-order chi connectivity index (χ1) is 12.8. The number of aromatic nitrogens is 1. The van der Waals surface area contributed by atoms with Crippen molar-refractivity contribution in [1.82, 2.24) is 9.47 Å². The topological polar surface area (TPSA) is 112 Å². The minimum absolute atomic E-state index is 0.185. The number of hydrogen-bond acceptors (Lipinski definition) is 6. The molecule has 9 heteroatoms. The van der Waals surface area contributed by atoms with Crippen molar-refractivity contribution in [2.24, 2.45) is 0 Å². The Morgan fingerprint density at radius 3 is 2.48 bits per heavy atom. The maximum absolute atomic E-state index is 12.6. The molecule has 0 saturated heterocycles. The van der Waals surface area contributed by atoms with Gasteiger partial charge in [0.2, 0.25) is 5.91 Å². The summed E-state index contributed by atoms with van der Waals surface area (Å²) >= 11 is 0. The number of nitro groups is 1. The van der Waals surface area contributed by atoms with Crippen molar-refractivity contribution < 1.29 is 19.2 Å². The van der Waals surface area contributed by atoms with E-state index < -0.39 is 34.6 Å². The lowest BCUT2D eigenvalue weighted by atomic mass is 10.1. The highest BCUT2D eigenvalue weighted by atomic mass is 16.6. The largest absolute Gasteiger partial charge is 0.465 e. The minimum atomic E-state index is -0.971. The summed E-state index contributed by atoms with van der Waals surface area (Å²) in [7, 11) is 2.69. The van der Waals surface area contributed by atoms with Gasteiger partial charge in [-0.15, -0.1) is 0 Å². The van der Waals surface area contributed by atoms with Crippen molar-refractivity contribution >= 4 is 17.6 Å². The quantitative estimate of drug-likeness (QED) is 0.433. The molecule has 1 aromatic carbocycles. The number of ether oxygens (including phenoxy) is 1. The van der Waals surface area contributed by atoms with Crippen LogP contribution in [0.4, 0.5) is 5.69 Å².